The zero-order valence-electron chi connectivity index (χ0n) is 11.2. The molecular weight excluding hydrogens is 251 g/mol. The van der Waals surface area contributed by atoms with Gasteiger partial charge in [0.15, 0.2) is 0 Å². The van der Waals surface area contributed by atoms with Crippen molar-refractivity contribution >= 4 is 8.07 Å². The van der Waals surface area contributed by atoms with Gasteiger partial charge in [-0.2, -0.15) is 0 Å². The lowest BCUT2D eigenvalue weighted by molar-refractivity contribution is 0.627. The molecule has 0 heterocycles. The molecule has 0 aliphatic heterocycles. The van der Waals surface area contributed by atoms with Gasteiger partial charge in [-0.3, -0.25) is 0 Å². The lowest BCUT2D eigenvalue weighted by Gasteiger charge is -2.21. The van der Waals surface area contributed by atoms with Crippen molar-refractivity contribution in [1.29, 1.82) is 0 Å². The van der Waals surface area contributed by atoms with E-state index in [-0.39, 0.29) is 5.82 Å². The van der Waals surface area contributed by atoms with Gasteiger partial charge in [0.25, 0.3) is 0 Å². The molecule has 0 unspecified atom stereocenters. The van der Waals surface area contributed by atoms with E-state index in [0.717, 1.165) is 23.7 Å². The molecule has 2 heteroatoms. The predicted molar refractivity (Wildman–Crippen MR) is 84.0 cm³/mol. The first-order valence-electron chi connectivity index (χ1n) is 6.27. The first-order chi connectivity index (χ1) is 9.15. The molecule has 0 saturated carbocycles. The summed E-state index contributed by atoms with van der Waals surface area (Å²) in [5, 5.41) is 0. The van der Waals surface area contributed by atoms with E-state index in [4.69, 9.17) is 0 Å². The van der Waals surface area contributed by atoms with Crippen LogP contribution >= 0.6 is 0 Å². The van der Waals surface area contributed by atoms with E-state index in [1.165, 1.54) is 12.1 Å². The van der Waals surface area contributed by atoms with Gasteiger partial charge in [-0.25, -0.2) is 4.39 Å². The second-order valence-electron chi connectivity index (χ2n) is 4.52. The van der Waals surface area contributed by atoms with E-state index in [9.17, 15) is 4.39 Å². The maximum atomic E-state index is 12.8. The standard InChI is InChI=1S/C17H19FSi/c1-4-12-19(13-5-2,14-6-3)15-11-16-7-9-17(18)10-8-16/h4-10H,1-3,12-14H2. The number of hydrogen-bond donors (Lipinski definition) is 0. The Kier molecular flexibility index (Phi) is 6.04. The molecule has 0 fully saturated rings. The van der Waals surface area contributed by atoms with Gasteiger partial charge < -0.3 is 0 Å². The summed E-state index contributed by atoms with van der Waals surface area (Å²) in [6, 6.07) is 9.02. The third kappa shape index (κ3) is 4.73. The number of hydrogen-bond acceptors (Lipinski definition) is 0. The molecule has 0 N–H and O–H groups in total. The Bertz CT molecular complexity index is 476. The third-order valence-corrected chi connectivity index (χ3v) is 6.79. The van der Waals surface area contributed by atoms with Crippen LogP contribution in [0.4, 0.5) is 4.39 Å². The molecule has 1 aromatic rings. The smallest absolute Gasteiger partial charge is 0.149 e. The maximum absolute atomic E-state index is 12.8. The Morgan fingerprint density at radius 1 is 0.947 bits per heavy atom. The van der Waals surface area contributed by atoms with Crippen LogP contribution in [0.5, 0.6) is 0 Å². The van der Waals surface area contributed by atoms with Crippen molar-refractivity contribution in [2.24, 2.45) is 0 Å². The molecule has 0 nitrogen and oxygen atoms in total. The van der Waals surface area contributed by atoms with Crippen molar-refractivity contribution in [2.45, 2.75) is 18.1 Å². The van der Waals surface area contributed by atoms with Crippen LogP contribution in [-0.4, -0.2) is 8.07 Å². The molecule has 98 valence electrons. The zero-order chi connectivity index (χ0) is 14.1. The van der Waals surface area contributed by atoms with Crippen molar-refractivity contribution in [2.75, 3.05) is 0 Å². The average Bonchev–Trinajstić information content (AvgIpc) is 2.39. The Labute approximate surface area is 116 Å². The van der Waals surface area contributed by atoms with E-state index in [2.05, 4.69) is 31.2 Å². The normalized spacial score (nSPS) is 10.2. The van der Waals surface area contributed by atoms with E-state index in [1.54, 1.807) is 12.1 Å². The minimum absolute atomic E-state index is 0.239. The van der Waals surface area contributed by atoms with Gasteiger partial charge >= 0.3 is 0 Å². The molecule has 19 heavy (non-hydrogen) atoms. The molecule has 0 aliphatic carbocycles. The van der Waals surface area contributed by atoms with Crippen molar-refractivity contribution in [1.82, 2.24) is 0 Å². The molecule has 0 spiro atoms. The third-order valence-electron chi connectivity index (χ3n) is 2.92. The summed E-state index contributed by atoms with van der Waals surface area (Å²) < 4.78 is 12.8. The number of rotatable bonds is 6. The van der Waals surface area contributed by atoms with Gasteiger partial charge in [-0.15, -0.1) is 25.3 Å². The molecule has 1 rings (SSSR count). The quantitative estimate of drug-likeness (QED) is 0.398. The van der Waals surface area contributed by atoms with E-state index < -0.39 is 8.07 Å². The Morgan fingerprint density at radius 2 is 1.42 bits per heavy atom. The second-order valence-corrected chi connectivity index (χ2v) is 8.55. The summed E-state index contributed by atoms with van der Waals surface area (Å²) in [6.07, 6.45) is 5.79. The Balaban J connectivity index is 3.04. The van der Waals surface area contributed by atoms with Crippen LogP contribution in [0.1, 0.15) is 5.56 Å². The van der Waals surface area contributed by atoms with Crippen molar-refractivity contribution in [3.63, 3.8) is 0 Å². The van der Waals surface area contributed by atoms with Gasteiger partial charge in [-0.05, 0) is 42.4 Å². The highest BCUT2D eigenvalue weighted by molar-refractivity contribution is 6.88. The van der Waals surface area contributed by atoms with Gasteiger partial charge in [0.1, 0.15) is 13.9 Å². The summed E-state index contributed by atoms with van der Waals surface area (Å²) in [7, 11) is -1.80. The fraction of sp³-hybridized carbons (Fsp3) is 0.176. The van der Waals surface area contributed by atoms with Crippen LogP contribution in [0.3, 0.4) is 0 Å². The fourth-order valence-electron chi connectivity index (χ4n) is 1.97. The maximum Gasteiger partial charge on any atom is 0.149 e. The molecule has 0 saturated heterocycles. The molecular formula is C17H19FSi. The minimum Gasteiger partial charge on any atom is -0.207 e. The highest BCUT2D eigenvalue weighted by Gasteiger charge is 2.26. The number of allylic oxidation sites excluding steroid dienone is 3. The van der Waals surface area contributed by atoms with Crippen LogP contribution < -0.4 is 0 Å². The number of halogens is 1. The topological polar surface area (TPSA) is 0 Å². The van der Waals surface area contributed by atoms with Gasteiger partial charge in [0, 0.05) is 5.56 Å². The average molecular weight is 270 g/mol. The second kappa shape index (κ2) is 7.55. The lowest BCUT2D eigenvalue weighted by Crippen LogP contribution is -2.30. The molecule has 0 atom stereocenters. The molecule has 0 aromatic heterocycles. The summed E-state index contributed by atoms with van der Waals surface area (Å²) in [5.74, 6) is 2.93. The van der Waals surface area contributed by atoms with Crippen LogP contribution in [-0.2, 0) is 0 Å². The van der Waals surface area contributed by atoms with Crippen LogP contribution in [0.25, 0.3) is 0 Å². The Hall–Kier alpha value is -1.85. The monoisotopic (exact) mass is 270 g/mol. The van der Waals surface area contributed by atoms with Gasteiger partial charge in [0.05, 0.1) is 0 Å². The molecule has 0 aliphatic rings. The number of benzene rings is 1. The van der Waals surface area contributed by atoms with Crippen molar-refractivity contribution < 1.29 is 4.39 Å². The molecule has 0 radical (unpaired) electrons. The SMILES string of the molecule is C=CC[Si](C#Cc1ccc(F)cc1)(CC=C)CC=C. The summed E-state index contributed by atoms with van der Waals surface area (Å²) in [5.41, 5.74) is 4.27. The highest BCUT2D eigenvalue weighted by Crippen LogP contribution is 2.22. The molecule has 1 aromatic carbocycles. The lowest BCUT2D eigenvalue weighted by atomic mass is 10.2. The van der Waals surface area contributed by atoms with Crippen molar-refractivity contribution in [3.05, 3.63) is 73.6 Å². The molecule has 0 bridgehead atoms. The van der Waals surface area contributed by atoms with Crippen LogP contribution in [0.15, 0.2) is 62.2 Å². The fourth-order valence-corrected chi connectivity index (χ4v) is 4.84. The van der Waals surface area contributed by atoms with E-state index in [0.29, 0.717) is 0 Å². The van der Waals surface area contributed by atoms with E-state index in [1.807, 2.05) is 18.2 Å². The van der Waals surface area contributed by atoms with Crippen LogP contribution in [0.2, 0.25) is 18.1 Å². The summed E-state index contributed by atoms with van der Waals surface area (Å²) in [6.45, 7) is 11.5. The first-order valence-corrected chi connectivity index (χ1v) is 8.89. The van der Waals surface area contributed by atoms with E-state index >= 15 is 0 Å². The van der Waals surface area contributed by atoms with Gasteiger partial charge in [-0.1, -0.05) is 24.1 Å². The van der Waals surface area contributed by atoms with Crippen molar-refractivity contribution in [3.8, 4) is 11.5 Å². The largest absolute Gasteiger partial charge is 0.207 e. The summed E-state index contributed by atoms with van der Waals surface area (Å²) >= 11 is 0. The Morgan fingerprint density at radius 3 is 1.84 bits per heavy atom. The first kappa shape index (κ1) is 15.2. The zero-order valence-corrected chi connectivity index (χ0v) is 12.2. The summed E-state index contributed by atoms with van der Waals surface area (Å²) in [4.78, 5) is 0. The highest BCUT2D eigenvalue weighted by atomic mass is 28.3. The van der Waals surface area contributed by atoms with Gasteiger partial charge in [0.2, 0.25) is 0 Å². The van der Waals surface area contributed by atoms with Crippen LogP contribution in [0, 0.1) is 17.3 Å². The minimum atomic E-state index is -1.80. The molecule has 0 amide bonds. The predicted octanol–water partition coefficient (Wildman–Crippen LogP) is 4.72.